The largest absolute Gasteiger partial charge is 0.467 e. The van der Waals surface area contributed by atoms with Gasteiger partial charge in [0, 0.05) is 27.7 Å². The standard InChI is InChI=1S/C10H10N2OS/c1-7-3-4-9(14-7)8-5-11-10(13-2)12-6-8/h3-6H,1-2H3. The van der Waals surface area contributed by atoms with E-state index < -0.39 is 0 Å². The molecule has 0 amide bonds. The van der Waals surface area contributed by atoms with Crippen molar-refractivity contribution in [3.05, 3.63) is 29.4 Å². The van der Waals surface area contributed by atoms with E-state index in [9.17, 15) is 0 Å². The fourth-order valence-corrected chi connectivity index (χ4v) is 1.98. The molecule has 14 heavy (non-hydrogen) atoms. The highest BCUT2D eigenvalue weighted by atomic mass is 32.1. The van der Waals surface area contributed by atoms with Crippen LogP contribution < -0.4 is 4.74 Å². The minimum atomic E-state index is 0.405. The van der Waals surface area contributed by atoms with Crippen LogP contribution in [0.15, 0.2) is 24.5 Å². The third-order valence-electron chi connectivity index (χ3n) is 1.84. The van der Waals surface area contributed by atoms with Gasteiger partial charge in [-0.3, -0.25) is 0 Å². The van der Waals surface area contributed by atoms with E-state index in [1.807, 2.05) is 0 Å². The zero-order valence-electron chi connectivity index (χ0n) is 8.02. The first-order chi connectivity index (χ1) is 6.79. The van der Waals surface area contributed by atoms with Crippen LogP contribution in [0.2, 0.25) is 0 Å². The lowest BCUT2D eigenvalue weighted by Crippen LogP contribution is -1.90. The summed E-state index contributed by atoms with van der Waals surface area (Å²) in [6.45, 7) is 2.08. The average Bonchev–Trinajstić information content (AvgIpc) is 2.65. The Hall–Kier alpha value is -1.42. The van der Waals surface area contributed by atoms with Gasteiger partial charge in [0.15, 0.2) is 0 Å². The lowest BCUT2D eigenvalue weighted by Gasteiger charge is -1.98. The summed E-state index contributed by atoms with van der Waals surface area (Å²) in [5, 5.41) is 0. The summed E-state index contributed by atoms with van der Waals surface area (Å²) in [5.74, 6) is 0. The summed E-state index contributed by atoms with van der Waals surface area (Å²) < 4.78 is 4.89. The molecule has 0 atom stereocenters. The summed E-state index contributed by atoms with van der Waals surface area (Å²) in [7, 11) is 1.56. The molecule has 3 nitrogen and oxygen atoms in total. The fraction of sp³-hybridized carbons (Fsp3) is 0.200. The lowest BCUT2D eigenvalue weighted by atomic mass is 10.3. The third kappa shape index (κ3) is 1.75. The molecule has 0 aliphatic rings. The number of ether oxygens (including phenoxy) is 1. The van der Waals surface area contributed by atoms with Crippen LogP contribution in [-0.2, 0) is 0 Å². The molecular weight excluding hydrogens is 196 g/mol. The normalized spacial score (nSPS) is 10.1. The van der Waals surface area contributed by atoms with Gasteiger partial charge in [0.1, 0.15) is 0 Å². The molecule has 72 valence electrons. The smallest absolute Gasteiger partial charge is 0.316 e. The van der Waals surface area contributed by atoms with E-state index in [1.165, 1.54) is 9.75 Å². The number of rotatable bonds is 2. The van der Waals surface area contributed by atoms with Crippen LogP contribution in [0.25, 0.3) is 10.4 Å². The van der Waals surface area contributed by atoms with E-state index >= 15 is 0 Å². The summed E-state index contributed by atoms with van der Waals surface area (Å²) in [5.41, 5.74) is 1.03. The maximum atomic E-state index is 4.89. The Morgan fingerprint density at radius 1 is 1.21 bits per heavy atom. The minimum absolute atomic E-state index is 0.405. The molecule has 4 heteroatoms. The Morgan fingerprint density at radius 2 is 1.93 bits per heavy atom. The zero-order chi connectivity index (χ0) is 9.97. The van der Waals surface area contributed by atoms with Crippen molar-refractivity contribution in [1.82, 2.24) is 9.97 Å². The molecule has 0 N–H and O–H groups in total. The van der Waals surface area contributed by atoms with Gasteiger partial charge in [-0.25, -0.2) is 9.97 Å². The molecule has 2 aromatic heterocycles. The molecule has 0 aliphatic heterocycles. The SMILES string of the molecule is COc1ncc(-c2ccc(C)s2)cn1. The molecule has 0 spiro atoms. The molecule has 0 radical (unpaired) electrons. The van der Waals surface area contributed by atoms with Gasteiger partial charge in [-0.1, -0.05) is 0 Å². The molecular formula is C10H10N2OS. The first-order valence-electron chi connectivity index (χ1n) is 4.22. The van der Waals surface area contributed by atoms with Crippen LogP contribution in [0.4, 0.5) is 0 Å². The maximum Gasteiger partial charge on any atom is 0.316 e. The van der Waals surface area contributed by atoms with E-state index in [0.29, 0.717) is 6.01 Å². The first-order valence-corrected chi connectivity index (χ1v) is 5.04. The van der Waals surface area contributed by atoms with E-state index in [0.717, 1.165) is 5.56 Å². The van der Waals surface area contributed by atoms with Gasteiger partial charge in [-0.2, -0.15) is 0 Å². The Labute approximate surface area is 86.4 Å². The minimum Gasteiger partial charge on any atom is -0.467 e. The molecule has 2 rings (SSSR count). The predicted octanol–water partition coefficient (Wildman–Crippen LogP) is 2.52. The Morgan fingerprint density at radius 3 is 2.43 bits per heavy atom. The molecule has 0 fully saturated rings. The second-order valence-corrected chi connectivity index (χ2v) is 4.16. The fourth-order valence-electron chi connectivity index (χ4n) is 1.14. The molecule has 0 aromatic carbocycles. The van der Waals surface area contributed by atoms with E-state index in [1.54, 1.807) is 30.8 Å². The molecule has 0 unspecified atom stereocenters. The van der Waals surface area contributed by atoms with Gasteiger partial charge in [-0.15, -0.1) is 11.3 Å². The van der Waals surface area contributed by atoms with E-state index in [4.69, 9.17) is 4.74 Å². The van der Waals surface area contributed by atoms with Gasteiger partial charge in [-0.05, 0) is 19.1 Å². The number of thiophene rings is 1. The number of hydrogen-bond donors (Lipinski definition) is 0. The summed E-state index contributed by atoms with van der Waals surface area (Å²) >= 11 is 1.73. The van der Waals surface area contributed by atoms with Crippen LogP contribution in [0.1, 0.15) is 4.88 Å². The predicted molar refractivity (Wildman–Crippen MR) is 56.6 cm³/mol. The maximum absolute atomic E-state index is 4.89. The van der Waals surface area contributed by atoms with Crippen molar-refractivity contribution >= 4 is 11.3 Å². The Bertz CT molecular complexity index is 422. The van der Waals surface area contributed by atoms with Crippen LogP contribution in [0.5, 0.6) is 6.01 Å². The van der Waals surface area contributed by atoms with Crippen LogP contribution in [0.3, 0.4) is 0 Å². The van der Waals surface area contributed by atoms with Crippen LogP contribution in [0, 0.1) is 6.92 Å². The molecule has 2 heterocycles. The highest BCUT2D eigenvalue weighted by Crippen LogP contribution is 2.26. The second-order valence-electron chi connectivity index (χ2n) is 2.87. The number of hydrogen-bond acceptors (Lipinski definition) is 4. The van der Waals surface area contributed by atoms with Gasteiger partial charge in [0.25, 0.3) is 0 Å². The Kier molecular flexibility index (Phi) is 2.45. The van der Waals surface area contributed by atoms with Gasteiger partial charge in [0.05, 0.1) is 7.11 Å². The number of nitrogens with zero attached hydrogens (tertiary/aromatic N) is 2. The topological polar surface area (TPSA) is 35.0 Å². The van der Waals surface area contributed by atoms with Crippen molar-refractivity contribution in [3.8, 4) is 16.5 Å². The highest BCUT2D eigenvalue weighted by molar-refractivity contribution is 7.15. The molecule has 0 aliphatic carbocycles. The van der Waals surface area contributed by atoms with E-state index in [2.05, 4.69) is 29.0 Å². The van der Waals surface area contributed by atoms with Crippen LogP contribution in [-0.4, -0.2) is 17.1 Å². The molecule has 2 aromatic rings. The van der Waals surface area contributed by atoms with Crippen LogP contribution >= 0.6 is 11.3 Å². The average molecular weight is 206 g/mol. The molecule has 0 bridgehead atoms. The summed E-state index contributed by atoms with van der Waals surface area (Å²) in [4.78, 5) is 10.6. The monoisotopic (exact) mass is 206 g/mol. The second kappa shape index (κ2) is 3.75. The number of methoxy groups -OCH3 is 1. The summed E-state index contributed by atoms with van der Waals surface area (Å²) in [6.07, 6.45) is 3.55. The van der Waals surface area contributed by atoms with Crippen molar-refractivity contribution in [1.29, 1.82) is 0 Å². The molecule has 0 saturated heterocycles. The van der Waals surface area contributed by atoms with Gasteiger partial charge >= 0.3 is 6.01 Å². The van der Waals surface area contributed by atoms with Gasteiger partial charge < -0.3 is 4.74 Å². The molecule has 0 saturated carbocycles. The zero-order valence-corrected chi connectivity index (χ0v) is 8.84. The van der Waals surface area contributed by atoms with Gasteiger partial charge in [0.2, 0.25) is 0 Å². The highest BCUT2D eigenvalue weighted by Gasteiger charge is 2.02. The van der Waals surface area contributed by atoms with Crippen molar-refractivity contribution in [2.45, 2.75) is 6.92 Å². The van der Waals surface area contributed by atoms with Crippen molar-refractivity contribution in [2.75, 3.05) is 7.11 Å². The number of aromatic nitrogens is 2. The van der Waals surface area contributed by atoms with Crippen molar-refractivity contribution < 1.29 is 4.74 Å². The number of aryl methyl sites for hydroxylation is 1. The quantitative estimate of drug-likeness (QED) is 0.757. The lowest BCUT2D eigenvalue weighted by molar-refractivity contribution is 0.380. The van der Waals surface area contributed by atoms with Crippen molar-refractivity contribution in [3.63, 3.8) is 0 Å². The Balaban J connectivity index is 2.33. The third-order valence-corrected chi connectivity index (χ3v) is 2.89. The first kappa shape index (κ1) is 9.15. The van der Waals surface area contributed by atoms with E-state index in [-0.39, 0.29) is 0 Å². The summed E-state index contributed by atoms with van der Waals surface area (Å²) in [6, 6.07) is 4.57. The van der Waals surface area contributed by atoms with Crippen molar-refractivity contribution in [2.24, 2.45) is 0 Å².